The molecular weight excluding hydrogens is 205 g/mol. The Morgan fingerprint density at radius 2 is 1.87 bits per heavy atom. The highest BCUT2D eigenvalue weighted by atomic mass is 19.2. The molecule has 5 heteroatoms. The summed E-state index contributed by atoms with van der Waals surface area (Å²) >= 11 is 0. The van der Waals surface area contributed by atoms with Gasteiger partial charge < -0.3 is 10.6 Å². The second-order valence-electron chi connectivity index (χ2n) is 3.59. The Morgan fingerprint density at radius 1 is 1.20 bits per heavy atom. The summed E-state index contributed by atoms with van der Waals surface area (Å²) in [6.07, 6.45) is 0.889. The van der Waals surface area contributed by atoms with Crippen molar-refractivity contribution in [3.63, 3.8) is 0 Å². The van der Waals surface area contributed by atoms with E-state index in [0.717, 1.165) is 31.6 Å². The molecule has 1 atom stereocenters. The average Bonchev–Trinajstić information content (AvgIpc) is 2.66. The zero-order valence-corrected chi connectivity index (χ0v) is 7.99. The fourth-order valence-corrected chi connectivity index (χ4v) is 1.65. The van der Waals surface area contributed by atoms with Gasteiger partial charge in [-0.2, -0.15) is 0 Å². The van der Waals surface area contributed by atoms with Crippen molar-refractivity contribution >= 4 is 5.69 Å². The van der Waals surface area contributed by atoms with E-state index in [2.05, 4.69) is 10.6 Å². The molecule has 1 unspecified atom stereocenters. The molecule has 0 saturated carbocycles. The van der Waals surface area contributed by atoms with Crippen LogP contribution in [0.4, 0.5) is 18.9 Å². The van der Waals surface area contributed by atoms with Gasteiger partial charge in [-0.25, -0.2) is 13.2 Å². The minimum Gasteiger partial charge on any atom is -0.381 e. The average molecular weight is 216 g/mol. The van der Waals surface area contributed by atoms with E-state index in [-0.39, 0.29) is 11.7 Å². The lowest BCUT2D eigenvalue weighted by Crippen LogP contribution is -2.22. The highest BCUT2D eigenvalue weighted by molar-refractivity contribution is 5.45. The number of hydrogen-bond acceptors (Lipinski definition) is 2. The van der Waals surface area contributed by atoms with Gasteiger partial charge in [0, 0.05) is 30.4 Å². The van der Waals surface area contributed by atoms with Gasteiger partial charge in [0.2, 0.25) is 0 Å². The second kappa shape index (κ2) is 4.10. The normalized spacial score (nSPS) is 20.6. The topological polar surface area (TPSA) is 24.1 Å². The SMILES string of the molecule is Fc1cc(NC2CCNC2)cc(F)c1F. The molecule has 0 spiro atoms. The molecule has 15 heavy (non-hydrogen) atoms. The molecule has 1 aromatic rings. The maximum absolute atomic E-state index is 12.8. The van der Waals surface area contributed by atoms with Crippen LogP contribution in [0.2, 0.25) is 0 Å². The molecule has 0 radical (unpaired) electrons. The number of halogens is 3. The van der Waals surface area contributed by atoms with Crippen molar-refractivity contribution in [2.75, 3.05) is 18.4 Å². The van der Waals surface area contributed by atoms with E-state index >= 15 is 0 Å². The van der Waals surface area contributed by atoms with E-state index in [1.807, 2.05) is 0 Å². The molecular formula is C10H11F3N2. The standard InChI is InChI=1S/C10H11F3N2/c11-8-3-7(4-9(12)10(8)13)15-6-1-2-14-5-6/h3-4,6,14-15H,1-2,5H2. The van der Waals surface area contributed by atoms with E-state index in [1.165, 1.54) is 0 Å². The van der Waals surface area contributed by atoms with Crippen LogP contribution in [0.15, 0.2) is 12.1 Å². The molecule has 82 valence electrons. The first-order valence-corrected chi connectivity index (χ1v) is 4.78. The van der Waals surface area contributed by atoms with Crippen LogP contribution < -0.4 is 10.6 Å². The van der Waals surface area contributed by atoms with E-state index < -0.39 is 17.5 Å². The predicted molar refractivity (Wildman–Crippen MR) is 51.2 cm³/mol. The summed E-state index contributed by atoms with van der Waals surface area (Å²) in [5.74, 6) is -3.75. The lowest BCUT2D eigenvalue weighted by atomic mass is 10.2. The third kappa shape index (κ3) is 2.23. The lowest BCUT2D eigenvalue weighted by molar-refractivity contribution is 0.447. The van der Waals surface area contributed by atoms with Gasteiger partial charge in [0.25, 0.3) is 0 Å². The maximum Gasteiger partial charge on any atom is 0.194 e. The Labute approximate surface area is 85.5 Å². The summed E-state index contributed by atoms with van der Waals surface area (Å²) in [7, 11) is 0. The molecule has 1 aliphatic rings. The van der Waals surface area contributed by atoms with Crippen LogP contribution in [0, 0.1) is 17.5 Å². The van der Waals surface area contributed by atoms with E-state index in [1.54, 1.807) is 0 Å². The maximum atomic E-state index is 12.8. The fourth-order valence-electron chi connectivity index (χ4n) is 1.65. The summed E-state index contributed by atoms with van der Waals surface area (Å²) in [6, 6.07) is 2.09. The third-order valence-electron chi connectivity index (χ3n) is 2.41. The molecule has 1 fully saturated rings. The Balaban J connectivity index is 2.14. The zero-order chi connectivity index (χ0) is 10.8. The van der Waals surface area contributed by atoms with Crippen molar-refractivity contribution in [3.05, 3.63) is 29.6 Å². The summed E-state index contributed by atoms with van der Waals surface area (Å²) < 4.78 is 38.3. The van der Waals surface area contributed by atoms with Crippen LogP contribution in [-0.2, 0) is 0 Å². The minimum atomic E-state index is -1.43. The number of anilines is 1. The van der Waals surface area contributed by atoms with E-state index in [9.17, 15) is 13.2 Å². The van der Waals surface area contributed by atoms with Gasteiger partial charge in [0.15, 0.2) is 17.5 Å². The van der Waals surface area contributed by atoms with Gasteiger partial charge in [0.05, 0.1) is 0 Å². The molecule has 0 aliphatic carbocycles. The molecule has 2 nitrogen and oxygen atoms in total. The molecule has 1 saturated heterocycles. The summed E-state index contributed by atoms with van der Waals surface area (Å²) in [4.78, 5) is 0. The Kier molecular flexibility index (Phi) is 2.81. The van der Waals surface area contributed by atoms with Gasteiger partial charge >= 0.3 is 0 Å². The molecule has 1 aliphatic heterocycles. The van der Waals surface area contributed by atoms with Gasteiger partial charge in [-0.05, 0) is 13.0 Å². The summed E-state index contributed by atoms with van der Waals surface area (Å²) in [6.45, 7) is 1.63. The van der Waals surface area contributed by atoms with Crippen LogP contribution in [0.1, 0.15) is 6.42 Å². The highest BCUT2D eigenvalue weighted by Gasteiger charge is 2.16. The molecule has 0 bridgehead atoms. The van der Waals surface area contributed by atoms with Gasteiger partial charge in [-0.3, -0.25) is 0 Å². The van der Waals surface area contributed by atoms with Crippen LogP contribution >= 0.6 is 0 Å². The first-order valence-electron chi connectivity index (χ1n) is 4.78. The molecule has 0 amide bonds. The van der Waals surface area contributed by atoms with Crippen LogP contribution in [0.25, 0.3) is 0 Å². The Bertz CT molecular complexity index is 339. The molecule has 1 aromatic carbocycles. The van der Waals surface area contributed by atoms with Gasteiger partial charge in [-0.15, -0.1) is 0 Å². The van der Waals surface area contributed by atoms with Crippen LogP contribution in [-0.4, -0.2) is 19.1 Å². The second-order valence-corrected chi connectivity index (χ2v) is 3.59. The number of nitrogens with one attached hydrogen (secondary N) is 2. The zero-order valence-electron chi connectivity index (χ0n) is 7.99. The van der Waals surface area contributed by atoms with Crippen molar-refractivity contribution in [3.8, 4) is 0 Å². The van der Waals surface area contributed by atoms with Gasteiger partial charge in [0.1, 0.15) is 0 Å². The van der Waals surface area contributed by atoms with E-state index in [0.29, 0.717) is 0 Å². The number of rotatable bonds is 2. The lowest BCUT2D eigenvalue weighted by Gasteiger charge is -2.13. The molecule has 0 aromatic heterocycles. The Hall–Kier alpha value is -1.23. The first kappa shape index (κ1) is 10.3. The van der Waals surface area contributed by atoms with Crippen molar-refractivity contribution in [1.29, 1.82) is 0 Å². The predicted octanol–water partition coefficient (Wildman–Crippen LogP) is 1.88. The van der Waals surface area contributed by atoms with Crippen molar-refractivity contribution < 1.29 is 13.2 Å². The summed E-state index contributed by atoms with van der Waals surface area (Å²) in [5.41, 5.74) is 0.278. The minimum absolute atomic E-state index is 0.147. The number of hydrogen-bond donors (Lipinski definition) is 2. The van der Waals surface area contributed by atoms with Crippen LogP contribution in [0.5, 0.6) is 0 Å². The van der Waals surface area contributed by atoms with Gasteiger partial charge in [-0.1, -0.05) is 0 Å². The fraction of sp³-hybridized carbons (Fsp3) is 0.400. The molecule has 2 rings (SSSR count). The van der Waals surface area contributed by atoms with Crippen LogP contribution in [0.3, 0.4) is 0 Å². The smallest absolute Gasteiger partial charge is 0.194 e. The Morgan fingerprint density at radius 3 is 2.40 bits per heavy atom. The third-order valence-corrected chi connectivity index (χ3v) is 2.41. The van der Waals surface area contributed by atoms with Crippen molar-refractivity contribution in [2.45, 2.75) is 12.5 Å². The quantitative estimate of drug-likeness (QED) is 0.737. The summed E-state index contributed by atoms with van der Waals surface area (Å²) in [5, 5.41) is 6.05. The molecule has 1 heterocycles. The number of benzene rings is 1. The van der Waals surface area contributed by atoms with Crippen molar-refractivity contribution in [2.24, 2.45) is 0 Å². The highest BCUT2D eigenvalue weighted by Crippen LogP contribution is 2.18. The first-order chi connectivity index (χ1) is 7.16. The molecule has 2 N–H and O–H groups in total. The largest absolute Gasteiger partial charge is 0.381 e. The van der Waals surface area contributed by atoms with Crippen molar-refractivity contribution in [1.82, 2.24) is 5.32 Å². The monoisotopic (exact) mass is 216 g/mol. The van der Waals surface area contributed by atoms with E-state index in [4.69, 9.17) is 0 Å².